The lowest BCUT2D eigenvalue weighted by Crippen LogP contribution is -2.30. The highest BCUT2D eigenvalue weighted by Crippen LogP contribution is 2.20. The number of carbonyl (C=O) groups excluding carboxylic acids is 1. The first kappa shape index (κ1) is 15.3. The molecule has 1 atom stereocenters. The van der Waals surface area contributed by atoms with Crippen molar-refractivity contribution in [3.05, 3.63) is 59.1 Å². The van der Waals surface area contributed by atoms with Crippen molar-refractivity contribution in [3.8, 4) is 5.75 Å². The van der Waals surface area contributed by atoms with E-state index in [2.05, 4.69) is 5.32 Å². The van der Waals surface area contributed by atoms with Gasteiger partial charge in [0.2, 0.25) is 0 Å². The lowest BCUT2D eigenvalue weighted by Gasteiger charge is -2.15. The number of anilines is 1. The van der Waals surface area contributed by atoms with Crippen LogP contribution in [-0.4, -0.2) is 12.0 Å². The number of para-hydroxylation sites is 1. The van der Waals surface area contributed by atoms with Crippen LogP contribution in [0.2, 0.25) is 5.02 Å². The lowest BCUT2D eigenvalue weighted by atomic mass is 10.2. The van der Waals surface area contributed by atoms with E-state index in [1.165, 1.54) is 19.1 Å². The summed E-state index contributed by atoms with van der Waals surface area (Å²) in [7, 11) is 0. The van der Waals surface area contributed by atoms with Gasteiger partial charge in [-0.3, -0.25) is 4.79 Å². The lowest BCUT2D eigenvalue weighted by molar-refractivity contribution is -0.122. The van der Waals surface area contributed by atoms with Gasteiger partial charge in [-0.05, 0) is 37.3 Å². The standard InChI is InChI=1S/C15H12ClF2NO2/c1-9(21-11-5-2-4-10(16)8-11)15(20)19-14-12(17)6-3-7-13(14)18/h2-9H,1H3,(H,19,20)/t9-/m0/s1. The van der Waals surface area contributed by atoms with Crippen LogP contribution in [0.5, 0.6) is 5.75 Å². The minimum Gasteiger partial charge on any atom is -0.481 e. The SMILES string of the molecule is C[C@H](Oc1cccc(Cl)c1)C(=O)Nc1c(F)cccc1F. The zero-order valence-electron chi connectivity index (χ0n) is 11.1. The third-order valence-electron chi connectivity index (χ3n) is 2.69. The van der Waals surface area contributed by atoms with Gasteiger partial charge in [-0.2, -0.15) is 0 Å². The largest absolute Gasteiger partial charge is 0.481 e. The Kier molecular flexibility index (Phi) is 4.75. The van der Waals surface area contributed by atoms with Crippen LogP contribution in [0.25, 0.3) is 0 Å². The molecule has 0 aliphatic rings. The van der Waals surface area contributed by atoms with Crippen molar-refractivity contribution in [2.75, 3.05) is 5.32 Å². The first-order valence-corrected chi connectivity index (χ1v) is 6.52. The molecule has 0 aliphatic carbocycles. The molecule has 0 saturated carbocycles. The highest BCUT2D eigenvalue weighted by atomic mass is 35.5. The molecule has 0 heterocycles. The molecule has 0 aromatic heterocycles. The molecule has 3 nitrogen and oxygen atoms in total. The fraction of sp³-hybridized carbons (Fsp3) is 0.133. The highest BCUT2D eigenvalue weighted by molar-refractivity contribution is 6.30. The quantitative estimate of drug-likeness (QED) is 0.926. The zero-order valence-corrected chi connectivity index (χ0v) is 11.8. The van der Waals surface area contributed by atoms with Crippen LogP contribution >= 0.6 is 11.6 Å². The minimum atomic E-state index is -0.942. The molecule has 2 aromatic rings. The molecular weight excluding hydrogens is 300 g/mol. The maximum atomic E-state index is 13.4. The fourth-order valence-electron chi connectivity index (χ4n) is 1.64. The molecule has 110 valence electrons. The summed E-state index contributed by atoms with van der Waals surface area (Å²) in [6.45, 7) is 1.47. The van der Waals surface area contributed by atoms with Crippen molar-refractivity contribution < 1.29 is 18.3 Å². The average Bonchev–Trinajstić information content (AvgIpc) is 2.43. The number of halogens is 3. The summed E-state index contributed by atoms with van der Waals surface area (Å²) < 4.78 is 32.2. The molecule has 0 spiro atoms. The maximum Gasteiger partial charge on any atom is 0.265 e. The third kappa shape index (κ3) is 3.92. The molecule has 0 bridgehead atoms. The van der Waals surface area contributed by atoms with Crippen molar-refractivity contribution in [2.45, 2.75) is 13.0 Å². The topological polar surface area (TPSA) is 38.3 Å². The summed E-state index contributed by atoms with van der Waals surface area (Å²) in [4.78, 5) is 11.9. The van der Waals surface area contributed by atoms with E-state index in [-0.39, 0.29) is 0 Å². The van der Waals surface area contributed by atoms with Crippen LogP contribution in [-0.2, 0) is 4.79 Å². The fourth-order valence-corrected chi connectivity index (χ4v) is 1.82. The Morgan fingerprint density at radius 2 is 1.81 bits per heavy atom. The van der Waals surface area contributed by atoms with Gasteiger partial charge in [0.05, 0.1) is 0 Å². The second kappa shape index (κ2) is 6.54. The molecule has 6 heteroatoms. The predicted octanol–water partition coefficient (Wildman–Crippen LogP) is 4.02. The van der Waals surface area contributed by atoms with Gasteiger partial charge >= 0.3 is 0 Å². The maximum absolute atomic E-state index is 13.4. The van der Waals surface area contributed by atoms with Gasteiger partial charge in [0, 0.05) is 5.02 Å². The van der Waals surface area contributed by atoms with Crippen molar-refractivity contribution in [1.82, 2.24) is 0 Å². The number of hydrogen-bond donors (Lipinski definition) is 1. The first-order valence-electron chi connectivity index (χ1n) is 6.14. The molecule has 0 radical (unpaired) electrons. The highest BCUT2D eigenvalue weighted by Gasteiger charge is 2.18. The monoisotopic (exact) mass is 311 g/mol. The van der Waals surface area contributed by atoms with Crippen molar-refractivity contribution in [3.63, 3.8) is 0 Å². The van der Waals surface area contributed by atoms with E-state index < -0.39 is 29.3 Å². The summed E-state index contributed by atoms with van der Waals surface area (Å²) in [6.07, 6.45) is -0.942. The van der Waals surface area contributed by atoms with Crippen molar-refractivity contribution >= 4 is 23.2 Å². The van der Waals surface area contributed by atoms with Gasteiger partial charge in [0.15, 0.2) is 6.10 Å². The molecule has 1 amide bonds. The minimum absolute atomic E-state index is 0.388. The number of hydrogen-bond acceptors (Lipinski definition) is 2. The van der Waals surface area contributed by atoms with Gasteiger partial charge in [-0.25, -0.2) is 8.78 Å². The van der Waals surface area contributed by atoms with Gasteiger partial charge in [0.1, 0.15) is 23.1 Å². The molecule has 0 saturated heterocycles. The number of rotatable bonds is 4. The summed E-state index contributed by atoms with van der Waals surface area (Å²) >= 11 is 5.80. The Morgan fingerprint density at radius 3 is 2.43 bits per heavy atom. The Bertz CT molecular complexity index is 644. The molecule has 2 aromatic carbocycles. The molecule has 0 fully saturated rings. The average molecular weight is 312 g/mol. The summed E-state index contributed by atoms with van der Waals surface area (Å²) in [6, 6.07) is 9.82. The van der Waals surface area contributed by atoms with Crippen molar-refractivity contribution in [2.24, 2.45) is 0 Å². The Morgan fingerprint density at radius 1 is 1.19 bits per heavy atom. The summed E-state index contributed by atoms with van der Waals surface area (Å²) in [5.74, 6) is -1.98. The Labute approximate surface area is 125 Å². The Balaban J connectivity index is 2.06. The third-order valence-corrected chi connectivity index (χ3v) is 2.92. The molecular formula is C15H12ClF2NO2. The van der Waals surface area contributed by atoms with Gasteiger partial charge in [-0.15, -0.1) is 0 Å². The molecule has 2 rings (SSSR count). The predicted molar refractivity (Wildman–Crippen MR) is 76.5 cm³/mol. The van der Waals surface area contributed by atoms with Crippen LogP contribution in [0.1, 0.15) is 6.92 Å². The normalized spacial score (nSPS) is 11.8. The van der Waals surface area contributed by atoms with Crippen LogP contribution in [0.3, 0.4) is 0 Å². The summed E-state index contributed by atoms with van der Waals surface area (Å²) in [5.41, 5.74) is -0.496. The van der Waals surface area contributed by atoms with Crippen LogP contribution in [0.4, 0.5) is 14.5 Å². The van der Waals surface area contributed by atoms with Crippen molar-refractivity contribution in [1.29, 1.82) is 0 Å². The smallest absolute Gasteiger partial charge is 0.265 e. The van der Waals surface area contributed by atoms with E-state index in [1.54, 1.807) is 18.2 Å². The number of carbonyl (C=O) groups is 1. The number of nitrogens with one attached hydrogen (secondary N) is 1. The molecule has 0 aliphatic heterocycles. The first-order chi connectivity index (χ1) is 9.97. The van der Waals surface area contributed by atoms with E-state index in [0.29, 0.717) is 10.8 Å². The molecule has 0 unspecified atom stereocenters. The van der Waals surface area contributed by atoms with Gasteiger partial charge in [0.25, 0.3) is 5.91 Å². The second-order valence-corrected chi connectivity index (χ2v) is 4.74. The number of ether oxygens (including phenoxy) is 1. The van der Waals surface area contributed by atoms with E-state index in [1.807, 2.05) is 0 Å². The van der Waals surface area contributed by atoms with E-state index in [4.69, 9.17) is 16.3 Å². The van der Waals surface area contributed by atoms with Crippen LogP contribution in [0.15, 0.2) is 42.5 Å². The second-order valence-electron chi connectivity index (χ2n) is 4.30. The van der Waals surface area contributed by atoms with Crippen LogP contribution in [0, 0.1) is 11.6 Å². The van der Waals surface area contributed by atoms with E-state index in [0.717, 1.165) is 12.1 Å². The van der Waals surface area contributed by atoms with E-state index in [9.17, 15) is 13.6 Å². The molecule has 1 N–H and O–H groups in total. The zero-order chi connectivity index (χ0) is 15.4. The van der Waals surface area contributed by atoms with Crippen LogP contribution < -0.4 is 10.1 Å². The number of benzene rings is 2. The van der Waals surface area contributed by atoms with Gasteiger partial charge < -0.3 is 10.1 Å². The summed E-state index contributed by atoms with van der Waals surface area (Å²) in [5, 5.41) is 2.62. The number of amides is 1. The van der Waals surface area contributed by atoms with E-state index >= 15 is 0 Å². The molecule has 21 heavy (non-hydrogen) atoms. The Hall–Kier alpha value is -2.14. The van der Waals surface area contributed by atoms with Gasteiger partial charge in [-0.1, -0.05) is 23.7 Å².